The van der Waals surface area contributed by atoms with Gasteiger partial charge in [0.15, 0.2) is 0 Å². The first-order chi connectivity index (χ1) is 6.42. The SMILES string of the molecule is C=C(C)CNS(=O)(=O)c1ccc(C)o1. The molecule has 1 aromatic rings. The zero-order valence-corrected chi connectivity index (χ0v) is 9.02. The average Bonchev–Trinajstić information content (AvgIpc) is 2.49. The third kappa shape index (κ3) is 2.71. The third-order valence-corrected chi connectivity index (χ3v) is 2.82. The van der Waals surface area contributed by atoms with Crippen LogP contribution < -0.4 is 4.72 Å². The summed E-state index contributed by atoms with van der Waals surface area (Å²) in [4.78, 5) is 0. The number of sulfonamides is 1. The Hall–Kier alpha value is -1.07. The van der Waals surface area contributed by atoms with E-state index in [2.05, 4.69) is 11.3 Å². The molecule has 0 spiro atoms. The summed E-state index contributed by atoms with van der Waals surface area (Å²) in [6.45, 7) is 7.26. The molecule has 5 heteroatoms. The van der Waals surface area contributed by atoms with Crippen molar-refractivity contribution in [3.8, 4) is 0 Å². The van der Waals surface area contributed by atoms with Crippen molar-refractivity contribution < 1.29 is 12.8 Å². The summed E-state index contributed by atoms with van der Waals surface area (Å²) >= 11 is 0. The Morgan fingerprint density at radius 1 is 1.57 bits per heavy atom. The average molecular weight is 215 g/mol. The van der Waals surface area contributed by atoms with E-state index >= 15 is 0 Å². The maximum Gasteiger partial charge on any atom is 0.274 e. The molecule has 0 aliphatic rings. The normalized spacial score (nSPS) is 11.6. The highest BCUT2D eigenvalue weighted by Crippen LogP contribution is 2.12. The highest BCUT2D eigenvalue weighted by atomic mass is 32.2. The third-order valence-electron chi connectivity index (χ3n) is 1.54. The molecule has 14 heavy (non-hydrogen) atoms. The molecule has 0 saturated carbocycles. The molecule has 0 aliphatic carbocycles. The summed E-state index contributed by atoms with van der Waals surface area (Å²) in [5.41, 5.74) is 0.747. The van der Waals surface area contributed by atoms with Gasteiger partial charge in [-0.05, 0) is 26.0 Å². The van der Waals surface area contributed by atoms with Crippen LogP contribution in [0.15, 0.2) is 33.8 Å². The molecule has 0 aliphatic heterocycles. The molecular formula is C9H13NO3S. The van der Waals surface area contributed by atoms with E-state index in [1.165, 1.54) is 6.07 Å². The van der Waals surface area contributed by atoms with Crippen LogP contribution in [0.4, 0.5) is 0 Å². The predicted octanol–water partition coefficient (Wildman–Crippen LogP) is 1.44. The fourth-order valence-electron chi connectivity index (χ4n) is 0.846. The lowest BCUT2D eigenvalue weighted by Crippen LogP contribution is -2.24. The second-order valence-electron chi connectivity index (χ2n) is 3.15. The molecule has 0 bridgehead atoms. The number of hydrogen-bond acceptors (Lipinski definition) is 3. The smallest absolute Gasteiger partial charge is 0.274 e. The van der Waals surface area contributed by atoms with E-state index in [9.17, 15) is 8.42 Å². The Bertz CT molecular complexity index is 431. The molecule has 0 aromatic carbocycles. The van der Waals surface area contributed by atoms with E-state index in [-0.39, 0.29) is 11.6 Å². The molecule has 0 fully saturated rings. The van der Waals surface area contributed by atoms with Crippen molar-refractivity contribution in [1.29, 1.82) is 0 Å². The minimum Gasteiger partial charge on any atom is -0.449 e. The predicted molar refractivity (Wildman–Crippen MR) is 53.4 cm³/mol. The van der Waals surface area contributed by atoms with Gasteiger partial charge in [0.1, 0.15) is 5.76 Å². The van der Waals surface area contributed by atoms with E-state index in [1.54, 1.807) is 19.9 Å². The van der Waals surface area contributed by atoms with Crippen LogP contribution in [0.25, 0.3) is 0 Å². The van der Waals surface area contributed by atoms with Gasteiger partial charge >= 0.3 is 0 Å². The van der Waals surface area contributed by atoms with Gasteiger partial charge in [0, 0.05) is 6.54 Å². The van der Waals surface area contributed by atoms with Gasteiger partial charge in [-0.15, -0.1) is 0 Å². The number of nitrogens with one attached hydrogen (secondary N) is 1. The molecule has 1 N–H and O–H groups in total. The van der Waals surface area contributed by atoms with Gasteiger partial charge in [0.2, 0.25) is 5.09 Å². The summed E-state index contributed by atoms with van der Waals surface area (Å²) in [7, 11) is -3.51. The van der Waals surface area contributed by atoms with E-state index in [1.807, 2.05) is 0 Å². The standard InChI is InChI=1S/C9H13NO3S/c1-7(2)6-10-14(11,12)9-5-4-8(3)13-9/h4-5,10H,1,6H2,2-3H3. The molecular weight excluding hydrogens is 202 g/mol. The Morgan fingerprint density at radius 3 is 2.64 bits per heavy atom. The van der Waals surface area contributed by atoms with Crippen LogP contribution in [0.5, 0.6) is 0 Å². The van der Waals surface area contributed by atoms with E-state index in [0.29, 0.717) is 5.76 Å². The van der Waals surface area contributed by atoms with Crippen LogP contribution in [-0.2, 0) is 10.0 Å². The fraction of sp³-hybridized carbons (Fsp3) is 0.333. The first-order valence-corrected chi connectivity index (χ1v) is 5.60. The van der Waals surface area contributed by atoms with Gasteiger partial charge in [0.05, 0.1) is 0 Å². The van der Waals surface area contributed by atoms with Crippen LogP contribution in [-0.4, -0.2) is 15.0 Å². The largest absolute Gasteiger partial charge is 0.449 e. The van der Waals surface area contributed by atoms with Crippen LogP contribution in [0.1, 0.15) is 12.7 Å². The Balaban J connectivity index is 2.81. The van der Waals surface area contributed by atoms with Crippen molar-refractivity contribution in [2.45, 2.75) is 18.9 Å². The fourth-order valence-corrected chi connectivity index (χ4v) is 1.91. The van der Waals surface area contributed by atoms with Crippen molar-refractivity contribution in [3.05, 3.63) is 30.0 Å². The molecule has 0 atom stereocenters. The minimum absolute atomic E-state index is 0.0590. The van der Waals surface area contributed by atoms with E-state index < -0.39 is 10.0 Å². The quantitative estimate of drug-likeness (QED) is 0.773. The van der Waals surface area contributed by atoms with Gasteiger partial charge in [-0.25, -0.2) is 13.1 Å². The summed E-state index contributed by atoms with van der Waals surface area (Å²) < 4.78 is 30.4. The van der Waals surface area contributed by atoms with Crippen LogP contribution in [0.2, 0.25) is 0 Å². The Labute approximate surface area is 83.7 Å². The number of rotatable bonds is 4. The van der Waals surface area contributed by atoms with E-state index in [0.717, 1.165) is 5.57 Å². The van der Waals surface area contributed by atoms with Crippen molar-refractivity contribution >= 4 is 10.0 Å². The van der Waals surface area contributed by atoms with Crippen molar-refractivity contribution in [2.24, 2.45) is 0 Å². The van der Waals surface area contributed by atoms with Crippen molar-refractivity contribution in [2.75, 3.05) is 6.54 Å². The number of aryl methyl sites for hydroxylation is 1. The highest BCUT2D eigenvalue weighted by molar-refractivity contribution is 7.89. The van der Waals surface area contributed by atoms with Gasteiger partial charge in [-0.1, -0.05) is 12.2 Å². The zero-order chi connectivity index (χ0) is 10.8. The van der Waals surface area contributed by atoms with Crippen LogP contribution in [0.3, 0.4) is 0 Å². The molecule has 1 heterocycles. The lowest BCUT2D eigenvalue weighted by Gasteiger charge is -2.02. The Kier molecular flexibility index (Phi) is 3.13. The first kappa shape index (κ1) is 11.0. The molecule has 1 rings (SSSR count). The maximum absolute atomic E-state index is 11.5. The number of hydrogen-bond donors (Lipinski definition) is 1. The zero-order valence-electron chi connectivity index (χ0n) is 8.20. The Morgan fingerprint density at radius 2 is 2.21 bits per heavy atom. The molecule has 0 amide bonds. The van der Waals surface area contributed by atoms with Crippen LogP contribution in [0, 0.1) is 6.92 Å². The summed E-state index contributed by atoms with van der Waals surface area (Å²) in [6.07, 6.45) is 0. The monoisotopic (exact) mass is 215 g/mol. The number of furan rings is 1. The lowest BCUT2D eigenvalue weighted by atomic mass is 10.4. The molecule has 1 aromatic heterocycles. The molecule has 0 saturated heterocycles. The summed E-state index contributed by atoms with van der Waals surface area (Å²) in [6, 6.07) is 3.03. The molecule has 4 nitrogen and oxygen atoms in total. The summed E-state index contributed by atoms with van der Waals surface area (Å²) in [5, 5.41) is -0.0590. The van der Waals surface area contributed by atoms with Gasteiger partial charge in [-0.2, -0.15) is 0 Å². The van der Waals surface area contributed by atoms with Crippen LogP contribution >= 0.6 is 0 Å². The second kappa shape index (κ2) is 3.98. The highest BCUT2D eigenvalue weighted by Gasteiger charge is 2.16. The van der Waals surface area contributed by atoms with Gasteiger partial charge < -0.3 is 4.42 Å². The van der Waals surface area contributed by atoms with Gasteiger partial charge in [0.25, 0.3) is 10.0 Å². The summed E-state index contributed by atoms with van der Waals surface area (Å²) in [5.74, 6) is 0.570. The molecule has 78 valence electrons. The van der Waals surface area contributed by atoms with Crippen molar-refractivity contribution in [3.63, 3.8) is 0 Å². The lowest BCUT2D eigenvalue weighted by molar-refractivity contribution is 0.426. The van der Waals surface area contributed by atoms with Gasteiger partial charge in [-0.3, -0.25) is 0 Å². The topological polar surface area (TPSA) is 59.3 Å². The minimum atomic E-state index is -3.51. The van der Waals surface area contributed by atoms with E-state index in [4.69, 9.17) is 4.42 Å². The van der Waals surface area contributed by atoms with Crippen molar-refractivity contribution in [1.82, 2.24) is 4.72 Å². The molecule has 0 unspecified atom stereocenters. The maximum atomic E-state index is 11.5. The second-order valence-corrected chi connectivity index (χ2v) is 4.84. The molecule has 0 radical (unpaired) electrons. The first-order valence-electron chi connectivity index (χ1n) is 4.12.